The van der Waals surface area contributed by atoms with Gasteiger partial charge in [0.1, 0.15) is 6.04 Å². The van der Waals surface area contributed by atoms with Gasteiger partial charge >= 0.3 is 0 Å². The van der Waals surface area contributed by atoms with Gasteiger partial charge in [-0.05, 0) is 18.6 Å². The minimum absolute atomic E-state index is 0. The van der Waals surface area contributed by atoms with Crippen LogP contribution in [0.2, 0.25) is 0 Å². The lowest BCUT2D eigenvalue weighted by atomic mass is 9.98. The maximum atomic E-state index is 12.4. The lowest BCUT2D eigenvalue weighted by Crippen LogP contribution is -2.58. The number of rotatable bonds is 1. The second-order valence-electron chi connectivity index (χ2n) is 4.71. The normalized spacial score (nSPS) is 20.8. The lowest BCUT2D eigenvalue weighted by Gasteiger charge is -2.34. The fraction of sp³-hybridized carbons (Fsp3) is 0.400. The van der Waals surface area contributed by atoms with E-state index in [4.69, 9.17) is 0 Å². The van der Waals surface area contributed by atoms with E-state index in [-0.39, 0.29) is 26.6 Å². The van der Waals surface area contributed by atoms with Gasteiger partial charge in [0.05, 0.1) is 17.7 Å². The SMILES string of the molecule is CC.O=C1CCC(N2C(=O)Cc3ncccc3C2=O)C(=O)N1.[HH]. The number of piperidine rings is 1. The highest BCUT2D eigenvalue weighted by molar-refractivity contribution is 6.13. The van der Waals surface area contributed by atoms with Crippen molar-refractivity contribution in [3.05, 3.63) is 29.6 Å². The number of nitrogens with zero attached hydrogens (tertiary/aromatic N) is 2. The first-order valence-corrected chi connectivity index (χ1v) is 7.22. The van der Waals surface area contributed by atoms with Gasteiger partial charge in [0.25, 0.3) is 5.91 Å². The number of carbonyl (C=O) groups is 4. The molecule has 0 bridgehead atoms. The van der Waals surface area contributed by atoms with E-state index in [2.05, 4.69) is 10.3 Å². The molecule has 1 unspecified atom stereocenters. The first kappa shape index (κ1) is 15.8. The molecule has 0 aliphatic carbocycles. The summed E-state index contributed by atoms with van der Waals surface area (Å²) in [6.07, 6.45) is 1.78. The zero-order chi connectivity index (χ0) is 16.3. The van der Waals surface area contributed by atoms with Crippen LogP contribution in [0, 0.1) is 0 Å². The molecule has 2 aliphatic heterocycles. The molecule has 2 aliphatic rings. The van der Waals surface area contributed by atoms with Crippen molar-refractivity contribution < 1.29 is 20.6 Å². The molecule has 118 valence electrons. The number of amides is 4. The third-order valence-electron chi connectivity index (χ3n) is 3.45. The minimum atomic E-state index is -0.916. The van der Waals surface area contributed by atoms with Crippen molar-refractivity contribution in [3.63, 3.8) is 0 Å². The molecule has 0 aromatic carbocycles. The Balaban J connectivity index is 0.000000849. The van der Waals surface area contributed by atoms with Crippen molar-refractivity contribution in [2.24, 2.45) is 0 Å². The molecule has 1 saturated heterocycles. The average molecular weight is 305 g/mol. The number of fused-ring (bicyclic) bond motifs is 1. The van der Waals surface area contributed by atoms with E-state index in [1.165, 1.54) is 6.20 Å². The van der Waals surface area contributed by atoms with Crippen molar-refractivity contribution in [1.82, 2.24) is 15.2 Å². The Morgan fingerprint density at radius 3 is 2.68 bits per heavy atom. The van der Waals surface area contributed by atoms with E-state index < -0.39 is 23.8 Å². The van der Waals surface area contributed by atoms with E-state index in [0.717, 1.165) is 4.90 Å². The van der Waals surface area contributed by atoms with Gasteiger partial charge in [0.15, 0.2) is 0 Å². The van der Waals surface area contributed by atoms with Crippen LogP contribution in [0.4, 0.5) is 0 Å². The average Bonchev–Trinajstić information content (AvgIpc) is 2.51. The van der Waals surface area contributed by atoms with Gasteiger partial charge in [-0.1, -0.05) is 13.8 Å². The largest absolute Gasteiger partial charge is 0.295 e. The summed E-state index contributed by atoms with van der Waals surface area (Å²) in [5.74, 6) is -1.98. The highest BCUT2D eigenvalue weighted by Crippen LogP contribution is 2.23. The summed E-state index contributed by atoms with van der Waals surface area (Å²) in [5.41, 5.74) is 0.753. The summed E-state index contributed by atoms with van der Waals surface area (Å²) in [6, 6.07) is 2.27. The molecule has 1 atom stereocenters. The predicted molar refractivity (Wildman–Crippen MR) is 78.8 cm³/mol. The predicted octanol–water partition coefficient (Wildman–Crippen LogP) is 0.684. The molecule has 22 heavy (non-hydrogen) atoms. The van der Waals surface area contributed by atoms with E-state index in [1.54, 1.807) is 12.1 Å². The Morgan fingerprint density at radius 2 is 2.00 bits per heavy atom. The Labute approximate surface area is 129 Å². The van der Waals surface area contributed by atoms with Crippen molar-refractivity contribution in [2.75, 3.05) is 0 Å². The highest BCUT2D eigenvalue weighted by Gasteiger charge is 2.41. The van der Waals surface area contributed by atoms with Crippen LogP contribution in [-0.4, -0.2) is 39.6 Å². The van der Waals surface area contributed by atoms with E-state index in [1.807, 2.05) is 13.8 Å². The molecule has 1 N–H and O–H groups in total. The molecule has 1 aromatic heterocycles. The van der Waals surface area contributed by atoms with Crippen LogP contribution in [0.3, 0.4) is 0 Å². The van der Waals surface area contributed by atoms with Gasteiger partial charge in [-0.15, -0.1) is 0 Å². The smallest absolute Gasteiger partial charge is 0.263 e. The van der Waals surface area contributed by atoms with E-state index >= 15 is 0 Å². The Morgan fingerprint density at radius 1 is 1.27 bits per heavy atom. The number of nitrogens with one attached hydrogen (secondary N) is 1. The first-order valence-electron chi connectivity index (χ1n) is 7.22. The first-order chi connectivity index (χ1) is 10.6. The second-order valence-corrected chi connectivity index (χ2v) is 4.71. The summed E-state index contributed by atoms with van der Waals surface area (Å²) in [7, 11) is 0. The molecule has 1 fully saturated rings. The van der Waals surface area contributed by atoms with Crippen LogP contribution in [0.25, 0.3) is 0 Å². The number of imide groups is 2. The summed E-state index contributed by atoms with van der Waals surface area (Å²) in [5, 5.41) is 2.15. The quantitative estimate of drug-likeness (QED) is 0.770. The fourth-order valence-electron chi connectivity index (χ4n) is 2.49. The van der Waals surface area contributed by atoms with Gasteiger partial charge < -0.3 is 0 Å². The van der Waals surface area contributed by atoms with Gasteiger partial charge in [0, 0.05) is 14.0 Å². The van der Waals surface area contributed by atoms with Crippen LogP contribution in [0.5, 0.6) is 0 Å². The second kappa shape index (κ2) is 6.46. The van der Waals surface area contributed by atoms with Gasteiger partial charge in [-0.2, -0.15) is 0 Å². The topological polar surface area (TPSA) is 96.4 Å². The molecule has 0 radical (unpaired) electrons. The van der Waals surface area contributed by atoms with Crippen LogP contribution in [0.15, 0.2) is 18.3 Å². The number of aromatic nitrogens is 1. The lowest BCUT2D eigenvalue weighted by molar-refractivity contribution is -0.143. The number of pyridine rings is 1. The highest BCUT2D eigenvalue weighted by atomic mass is 16.2. The number of hydrogen-bond acceptors (Lipinski definition) is 5. The summed E-state index contributed by atoms with van der Waals surface area (Å²) in [4.78, 5) is 52.4. The number of hydrogen-bond donors (Lipinski definition) is 1. The van der Waals surface area contributed by atoms with Gasteiger partial charge in [0.2, 0.25) is 17.7 Å². The zero-order valence-electron chi connectivity index (χ0n) is 12.5. The van der Waals surface area contributed by atoms with Gasteiger partial charge in [-0.25, -0.2) is 0 Å². The Hall–Kier alpha value is -2.57. The van der Waals surface area contributed by atoms with Crippen molar-refractivity contribution in [1.29, 1.82) is 0 Å². The Bertz CT molecular complexity index is 647. The molecule has 4 amide bonds. The number of carbonyl (C=O) groups excluding carboxylic acids is 4. The minimum Gasteiger partial charge on any atom is -0.295 e. The third kappa shape index (κ3) is 2.74. The molecule has 1 aromatic rings. The molecule has 0 saturated carbocycles. The van der Waals surface area contributed by atoms with Crippen LogP contribution < -0.4 is 5.32 Å². The maximum absolute atomic E-state index is 12.4. The summed E-state index contributed by atoms with van der Waals surface area (Å²) < 4.78 is 0. The summed E-state index contributed by atoms with van der Waals surface area (Å²) in [6.45, 7) is 4.00. The van der Waals surface area contributed by atoms with Crippen LogP contribution >= 0.6 is 0 Å². The van der Waals surface area contributed by atoms with E-state index in [9.17, 15) is 19.2 Å². The molecule has 3 rings (SSSR count). The van der Waals surface area contributed by atoms with Crippen molar-refractivity contribution >= 4 is 23.6 Å². The van der Waals surface area contributed by atoms with Crippen molar-refractivity contribution in [2.45, 2.75) is 39.2 Å². The van der Waals surface area contributed by atoms with Crippen molar-refractivity contribution in [3.8, 4) is 0 Å². The van der Waals surface area contributed by atoms with Crippen LogP contribution in [-0.2, 0) is 20.8 Å². The Kier molecular flexibility index (Phi) is 4.65. The fourth-order valence-corrected chi connectivity index (χ4v) is 2.49. The molecule has 3 heterocycles. The molecular weight excluding hydrogens is 286 g/mol. The maximum Gasteiger partial charge on any atom is 0.263 e. The zero-order valence-corrected chi connectivity index (χ0v) is 12.5. The molecule has 0 spiro atoms. The standard InChI is InChI=1S/C13H11N3O4.C2H6.H2/c17-10-4-3-9(12(19)15-10)16-11(18)6-8-7(13(16)20)2-1-5-14-8;1-2;/h1-2,5,9H,3-4,6H2,(H,15,17,19);1-2H3;1H. The summed E-state index contributed by atoms with van der Waals surface area (Å²) >= 11 is 0. The third-order valence-corrected chi connectivity index (χ3v) is 3.45. The molecular formula is C15H19N3O4. The van der Waals surface area contributed by atoms with Gasteiger partial charge in [-0.3, -0.25) is 34.4 Å². The monoisotopic (exact) mass is 305 g/mol. The van der Waals surface area contributed by atoms with E-state index in [0.29, 0.717) is 11.3 Å². The molecule has 7 nitrogen and oxygen atoms in total. The molecule has 7 heteroatoms. The van der Waals surface area contributed by atoms with Crippen LogP contribution in [0.1, 0.15) is 44.2 Å².